The van der Waals surface area contributed by atoms with Gasteiger partial charge in [0.2, 0.25) is 15.9 Å². The summed E-state index contributed by atoms with van der Waals surface area (Å²) >= 11 is 1.26. The fraction of sp³-hybridized carbons (Fsp3) is 0.455. The lowest BCUT2D eigenvalue weighted by atomic mass is 10.2. The molecule has 0 saturated carbocycles. The largest absolute Gasteiger partial charge is 0.338 e. The average molecular weight is 466 g/mol. The highest BCUT2D eigenvalue weighted by molar-refractivity contribution is 7.99. The van der Waals surface area contributed by atoms with Crippen LogP contribution in [-0.4, -0.2) is 53.9 Å². The van der Waals surface area contributed by atoms with E-state index in [9.17, 15) is 17.6 Å². The number of sulfonamides is 1. The topological polar surface area (TPSA) is 70.6 Å². The molecule has 6 nitrogen and oxygen atoms in total. The first-order valence-electron chi connectivity index (χ1n) is 10.5. The van der Waals surface area contributed by atoms with Crippen molar-refractivity contribution in [3.05, 3.63) is 54.0 Å². The molecular weight excluding hydrogens is 437 g/mol. The van der Waals surface area contributed by atoms with Crippen molar-refractivity contribution in [1.82, 2.24) is 14.2 Å². The molecule has 1 amide bonds. The van der Waals surface area contributed by atoms with E-state index in [4.69, 9.17) is 0 Å². The number of rotatable bonds is 8. The van der Waals surface area contributed by atoms with Crippen LogP contribution in [0.25, 0.3) is 0 Å². The number of pyridine rings is 1. The zero-order valence-electron chi connectivity index (χ0n) is 17.7. The van der Waals surface area contributed by atoms with Gasteiger partial charge < -0.3 is 4.90 Å². The minimum Gasteiger partial charge on any atom is -0.338 e. The van der Waals surface area contributed by atoms with Crippen LogP contribution in [0.1, 0.15) is 38.2 Å². The second-order valence-electron chi connectivity index (χ2n) is 7.48. The summed E-state index contributed by atoms with van der Waals surface area (Å²) < 4.78 is 40.6. The maximum absolute atomic E-state index is 13.4. The Bertz CT molecular complexity index is 976. The molecular formula is C22H28FN3O3S2. The van der Waals surface area contributed by atoms with Gasteiger partial charge in [0.25, 0.3) is 0 Å². The van der Waals surface area contributed by atoms with Crippen LogP contribution in [0, 0.1) is 5.82 Å². The quantitative estimate of drug-likeness (QED) is 0.553. The van der Waals surface area contributed by atoms with E-state index in [-0.39, 0.29) is 22.4 Å². The van der Waals surface area contributed by atoms with Crippen LogP contribution in [0.15, 0.2) is 52.5 Å². The van der Waals surface area contributed by atoms with Gasteiger partial charge in [0.05, 0.1) is 10.8 Å². The standard InChI is InChI=1S/C22H28FN3O3S2/c1-2-25(16-18-8-7-9-19(23)14-18)22(27)17-30-21-11-10-20(15-24-21)31(28,29)26-12-5-3-4-6-13-26/h7-11,14-15H,2-6,12-13,16-17H2,1H3. The van der Waals surface area contributed by atoms with Gasteiger partial charge in [-0.2, -0.15) is 4.31 Å². The molecule has 0 bridgehead atoms. The molecule has 1 aromatic carbocycles. The summed E-state index contributed by atoms with van der Waals surface area (Å²) in [6.07, 6.45) is 5.25. The molecule has 1 fully saturated rings. The molecule has 1 aliphatic rings. The molecule has 0 spiro atoms. The minimum absolute atomic E-state index is 0.0835. The monoisotopic (exact) mass is 465 g/mol. The lowest BCUT2D eigenvalue weighted by Gasteiger charge is -2.21. The van der Waals surface area contributed by atoms with Crippen LogP contribution in [0.3, 0.4) is 0 Å². The van der Waals surface area contributed by atoms with Gasteiger partial charge in [-0.1, -0.05) is 36.7 Å². The Morgan fingerprint density at radius 2 is 1.90 bits per heavy atom. The number of aromatic nitrogens is 1. The SMILES string of the molecule is CCN(Cc1cccc(F)c1)C(=O)CSc1ccc(S(=O)(=O)N2CCCCCC2)cn1. The number of carbonyl (C=O) groups is 1. The Balaban J connectivity index is 1.58. The number of carbonyl (C=O) groups excluding carboxylic acids is 1. The number of hydrogen-bond donors (Lipinski definition) is 0. The first-order chi connectivity index (χ1) is 14.9. The van der Waals surface area contributed by atoms with Gasteiger partial charge in [-0.15, -0.1) is 0 Å². The Morgan fingerprint density at radius 3 is 2.52 bits per heavy atom. The van der Waals surface area contributed by atoms with Gasteiger partial charge in [-0.3, -0.25) is 4.79 Å². The fourth-order valence-electron chi connectivity index (χ4n) is 3.49. The molecule has 0 unspecified atom stereocenters. The predicted octanol–water partition coefficient (Wildman–Crippen LogP) is 3.93. The molecule has 2 heterocycles. The molecule has 0 N–H and O–H groups in total. The minimum atomic E-state index is -3.53. The van der Waals surface area contributed by atoms with Crippen LogP contribution < -0.4 is 0 Å². The van der Waals surface area contributed by atoms with Gasteiger partial charge in [0.15, 0.2) is 0 Å². The second kappa shape index (κ2) is 11.1. The summed E-state index contributed by atoms with van der Waals surface area (Å²) in [6, 6.07) is 9.42. The van der Waals surface area contributed by atoms with Crippen LogP contribution in [0.2, 0.25) is 0 Å². The van der Waals surface area contributed by atoms with Crippen LogP contribution in [-0.2, 0) is 21.4 Å². The normalized spacial score (nSPS) is 15.4. The van der Waals surface area contributed by atoms with Crippen molar-refractivity contribution in [3.63, 3.8) is 0 Å². The van der Waals surface area contributed by atoms with E-state index in [2.05, 4.69) is 4.98 Å². The average Bonchev–Trinajstić information content (AvgIpc) is 3.06. The van der Waals surface area contributed by atoms with Crippen molar-refractivity contribution in [2.75, 3.05) is 25.4 Å². The summed E-state index contributed by atoms with van der Waals surface area (Å²) in [7, 11) is -3.53. The molecule has 9 heteroatoms. The summed E-state index contributed by atoms with van der Waals surface area (Å²) in [6.45, 7) is 3.82. The van der Waals surface area contributed by atoms with Gasteiger partial charge in [0.1, 0.15) is 10.7 Å². The zero-order chi connectivity index (χ0) is 22.3. The third-order valence-corrected chi connectivity index (χ3v) is 8.06. The van der Waals surface area contributed by atoms with Crippen LogP contribution in [0.5, 0.6) is 0 Å². The Hall–Kier alpha value is -1.97. The van der Waals surface area contributed by atoms with E-state index >= 15 is 0 Å². The molecule has 1 saturated heterocycles. The van der Waals surface area contributed by atoms with Gasteiger partial charge in [-0.25, -0.2) is 17.8 Å². The summed E-state index contributed by atoms with van der Waals surface area (Å²) in [5.74, 6) is -0.233. The van der Waals surface area contributed by atoms with Crippen molar-refractivity contribution in [3.8, 4) is 0 Å². The molecule has 3 rings (SSSR count). The number of nitrogens with zero attached hydrogens (tertiary/aromatic N) is 3. The summed E-state index contributed by atoms with van der Waals surface area (Å²) in [5, 5.41) is 0.588. The van der Waals surface area contributed by atoms with E-state index in [0.717, 1.165) is 31.2 Å². The van der Waals surface area contributed by atoms with Crippen molar-refractivity contribution in [1.29, 1.82) is 0 Å². The van der Waals surface area contributed by atoms with E-state index in [0.29, 0.717) is 31.2 Å². The van der Waals surface area contributed by atoms with Crippen molar-refractivity contribution >= 4 is 27.7 Å². The van der Waals surface area contributed by atoms with Crippen molar-refractivity contribution in [2.45, 2.75) is 49.1 Å². The summed E-state index contributed by atoms with van der Waals surface area (Å²) in [4.78, 5) is 18.7. The van der Waals surface area contributed by atoms with Crippen molar-refractivity contribution < 1.29 is 17.6 Å². The Kier molecular flexibility index (Phi) is 8.45. The number of thioether (sulfide) groups is 1. The van der Waals surface area contributed by atoms with E-state index < -0.39 is 10.0 Å². The number of benzene rings is 1. The lowest BCUT2D eigenvalue weighted by molar-refractivity contribution is -0.128. The van der Waals surface area contributed by atoms with Crippen LogP contribution >= 0.6 is 11.8 Å². The summed E-state index contributed by atoms with van der Waals surface area (Å²) in [5.41, 5.74) is 0.737. The van der Waals surface area contributed by atoms with E-state index in [1.165, 1.54) is 30.1 Å². The molecule has 1 aliphatic heterocycles. The predicted molar refractivity (Wildman–Crippen MR) is 120 cm³/mol. The van der Waals surface area contributed by atoms with E-state index in [1.54, 1.807) is 33.5 Å². The second-order valence-corrected chi connectivity index (χ2v) is 10.4. The number of amides is 1. The number of hydrogen-bond acceptors (Lipinski definition) is 5. The molecule has 0 atom stereocenters. The Morgan fingerprint density at radius 1 is 1.16 bits per heavy atom. The van der Waals surface area contributed by atoms with E-state index in [1.807, 2.05) is 6.92 Å². The highest BCUT2D eigenvalue weighted by Gasteiger charge is 2.25. The fourth-order valence-corrected chi connectivity index (χ4v) is 5.70. The smallest absolute Gasteiger partial charge is 0.244 e. The molecule has 168 valence electrons. The first kappa shape index (κ1) is 23.7. The Labute approximate surface area is 187 Å². The third kappa shape index (κ3) is 6.51. The molecule has 31 heavy (non-hydrogen) atoms. The molecule has 2 aromatic rings. The maximum Gasteiger partial charge on any atom is 0.244 e. The molecule has 0 aliphatic carbocycles. The highest BCUT2D eigenvalue weighted by Crippen LogP contribution is 2.22. The number of halogens is 1. The zero-order valence-corrected chi connectivity index (χ0v) is 19.3. The first-order valence-corrected chi connectivity index (χ1v) is 12.9. The van der Waals surface area contributed by atoms with Crippen molar-refractivity contribution in [2.24, 2.45) is 0 Å². The van der Waals surface area contributed by atoms with Crippen LogP contribution in [0.4, 0.5) is 4.39 Å². The van der Waals surface area contributed by atoms with Gasteiger partial charge in [0, 0.05) is 32.4 Å². The third-order valence-electron chi connectivity index (χ3n) is 5.25. The lowest BCUT2D eigenvalue weighted by Crippen LogP contribution is -2.32. The molecule has 1 aromatic heterocycles. The van der Waals surface area contributed by atoms with Gasteiger partial charge >= 0.3 is 0 Å². The molecule has 0 radical (unpaired) electrons. The van der Waals surface area contributed by atoms with Gasteiger partial charge in [-0.05, 0) is 49.6 Å². The maximum atomic E-state index is 13.4. The highest BCUT2D eigenvalue weighted by atomic mass is 32.2.